The minimum absolute atomic E-state index is 0.133. The molecule has 1 aliphatic rings. The Morgan fingerprint density at radius 2 is 2.20 bits per heavy atom. The second-order valence-corrected chi connectivity index (χ2v) is 4.03. The van der Waals surface area contributed by atoms with Gasteiger partial charge in [-0.15, -0.1) is 0 Å². The fourth-order valence-electron chi connectivity index (χ4n) is 2.01. The van der Waals surface area contributed by atoms with Gasteiger partial charge in [0.25, 0.3) is 0 Å². The van der Waals surface area contributed by atoms with Crippen molar-refractivity contribution >= 4 is 11.6 Å². The number of aromatic nitrogens is 2. The van der Waals surface area contributed by atoms with Gasteiger partial charge in [-0.2, -0.15) is 0 Å². The van der Waals surface area contributed by atoms with Crippen molar-refractivity contribution in [3.63, 3.8) is 0 Å². The Kier molecular flexibility index (Phi) is 2.73. The maximum atomic E-state index is 9.30. The van der Waals surface area contributed by atoms with Gasteiger partial charge >= 0.3 is 0 Å². The van der Waals surface area contributed by atoms with E-state index in [0.717, 1.165) is 13.0 Å². The number of anilines is 2. The van der Waals surface area contributed by atoms with Gasteiger partial charge in [0.2, 0.25) is 5.95 Å². The lowest BCUT2D eigenvalue weighted by molar-refractivity contribution is 0.244. The molecule has 0 aliphatic carbocycles. The number of aliphatic hydroxyl groups is 1. The molecule has 2 unspecified atom stereocenters. The first kappa shape index (κ1) is 10.2. The van der Waals surface area contributed by atoms with Crippen LogP contribution in [0.1, 0.15) is 13.3 Å². The second-order valence-electron chi connectivity index (χ2n) is 4.03. The molecular weight excluding hydrogens is 192 g/mol. The van der Waals surface area contributed by atoms with Crippen molar-refractivity contribution < 1.29 is 5.11 Å². The van der Waals surface area contributed by atoms with E-state index >= 15 is 0 Å². The lowest BCUT2D eigenvalue weighted by atomic mass is 10.0. The fourth-order valence-corrected chi connectivity index (χ4v) is 2.01. The third-order valence-electron chi connectivity index (χ3n) is 2.98. The SMILES string of the molecule is CC1CCN(c2ncc(N)cn2)C1CO. The van der Waals surface area contributed by atoms with Gasteiger partial charge in [-0.25, -0.2) is 9.97 Å². The number of aliphatic hydroxyl groups excluding tert-OH is 1. The average Bonchev–Trinajstić information content (AvgIpc) is 2.61. The molecule has 5 heteroatoms. The van der Waals surface area contributed by atoms with Crippen LogP contribution in [0.4, 0.5) is 11.6 Å². The molecule has 1 aliphatic heterocycles. The molecular formula is C10H16N4O. The highest BCUT2D eigenvalue weighted by Crippen LogP contribution is 2.26. The van der Waals surface area contributed by atoms with Crippen LogP contribution < -0.4 is 10.6 Å². The Bertz CT molecular complexity index is 327. The van der Waals surface area contributed by atoms with E-state index in [0.29, 0.717) is 17.6 Å². The van der Waals surface area contributed by atoms with Gasteiger partial charge in [0.15, 0.2) is 0 Å². The lowest BCUT2D eigenvalue weighted by Crippen LogP contribution is -2.36. The Morgan fingerprint density at radius 1 is 1.53 bits per heavy atom. The summed E-state index contributed by atoms with van der Waals surface area (Å²) in [6, 6.07) is 0.133. The average molecular weight is 208 g/mol. The van der Waals surface area contributed by atoms with Crippen LogP contribution in [-0.4, -0.2) is 34.3 Å². The topological polar surface area (TPSA) is 75.3 Å². The first-order chi connectivity index (χ1) is 7.22. The molecule has 2 heterocycles. The summed E-state index contributed by atoms with van der Waals surface area (Å²) in [5.41, 5.74) is 6.09. The van der Waals surface area contributed by atoms with Gasteiger partial charge in [0.05, 0.1) is 30.7 Å². The molecule has 1 fully saturated rings. The van der Waals surface area contributed by atoms with Gasteiger partial charge in [0.1, 0.15) is 0 Å². The second kappa shape index (κ2) is 4.02. The molecule has 0 aromatic carbocycles. The quantitative estimate of drug-likeness (QED) is 0.729. The van der Waals surface area contributed by atoms with Crippen LogP contribution in [0.5, 0.6) is 0 Å². The molecule has 1 aromatic rings. The number of rotatable bonds is 2. The van der Waals surface area contributed by atoms with Gasteiger partial charge in [0, 0.05) is 6.54 Å². The predicted octanol–water partition coefficient (Wildman–Crippen LogP) is 0.266. The third-order valence-corrected chi connectivity index (χ3v) is 2.98. The standard InChI is InChI=1S/C10H16N4O/c1-7-2-3-14(9(7)6-15)10-12-4-8(11)5-13-10/h4-5,7,9,15H,2-3,6,11H2,1H3. The Balaban J connectivity index is 2.20. The molecule has 0 amide bonds. The van der Waals surface area contributed by atoms with Crippen molar-refractivity contribution in [1.82, 2.24) is 9.97 Å². The number of hydrogen-bond acceptors (Lipinski definition) is 5. The smallest absolute Gasteiger partial charge is 0.225 e. The molecule has 82 valence electrons. The first-order valence-corrected chi connectivity index (χ1v) is 5.17. The van der Waals surface area contributed by atoms with Crippen molar-refractivity contribution in [2.45, 2.75) is 19.4 Å². The van der Waals surface area contributed by atoms with Gasteiger partial charge in [-0.05, 0) is 12.3 Å². The van der Waals surface area contributed by atoms with Crippen LogP contribution in [0.2, 0.25) is 0 Å². The minimum atomic E-state index is 0.133. The monoisotopic (exact) mass is 208 g/mol. The highest BCUT2D eigenvalue weighted by Gasteiger charge is 2.31. The summed E-state index contributed by atoms with van der Waals surface area (Å²) in [7, 11) is 0. The van der Waals surface area contributed by atoms with E-state index < -0.39 is 0 Å². The molecule has 0 saturated carbocycles. The molecule has 2 atom stereocenters. The molecule has 3 N–H and O–H groups in total. The summed E-state index contributed by atoms with van der Waals surface area (Å²) in [5.74, 6) is 1.14. The molecule has 1 aromatic heterocycles. The van der Waals surface area contributed by atoms with Crippen molar-refractivity contribution in [2.75, 3.05) is 23.8 Å². The summed E-state index contributed by atoms with van der Waals surface area (Å²) < 4.78 is 0. The highest BCUT2D eigenvalue weighted by molar-refractivity contribution is 5.39. The van der Waals surface area contributed by atoms with Crippen LogP contribution in [0, 0.1) is 5.92 Å². The summed E-state index contributed by atoms with van der Waals surface area (Å²) in [5, 5.41) is 9.30. The maximum Gasteiger partial charge on any atom is 0.225 e. The van der Waals surface area contributed by atoms with Gasteiger partial charge < -0.3 is 15.7 Å². The molecule has 0 bridgehead atoms. The zero-order valence-corrected chi connectivity index (χ0v) is 8.80. The normalized spacial score (nSPS) is 25.9. The van der Waals surface area contributed by atoms with Crippen molar-refractivity contribution in [3.8, 4) is 0 Å². The molecule has 1 saturated heterocycles. The maximum absolute atomic E-state index is 9.30. The van der Waals surface area contributed by atoms with Crippen LogP contribution in [0.3, 0.4) is 0 Å². The fraction of sp³-hybridized carbons (Fsp3) is 0.600. The summed E-state index contributed by atoms with van der Waals surface area (Å²) in [4.78, 5) is 10.4. The summed E-state index contributed by atoms with van der Waals surface area (Å²) in [6.07, 6.45) is 4.26. The van der Waals surface area contributed by atoms with E-state index in [4.69, 9.17) is 5.73 Å². The molecule has 2 rings (SSSR count). The van der Waals surface area contributed by atoms with E-state index in [-0.39, 0.29) is 12.6 Å². The largest absolute Gasteiger partial charge is 0.396 e. The Morgan fingerprint density at radius 3 is 2.80 bits per heavy atom. The molecule has 0 spiro atoms. The Hall–Kier alpha value is -1.36. The third kappa shape index (κ3) is 1.87. The zero-order valence-electron chi connectivity index (χ0n) is 8.80. The van der Waals surface area contributed by atoms with Crippen molar-refractivity contribution in [3.05, 3.63) is 12.4 Å². The van der Waals surface area contributed by atoms with Gasteiger partial charge in [-0.1, -0.05) is 6.92 Å². The Labute approximate surface area is 88.9 Å². The number of nitrogens with zero attached hydrogens (tertiary/aromatic N) is 3. The summed E-state index contributed by atoms with van der Waals surface area (Å²) in [6.45, 7) is 3.18. The molecule has 0 radical (unpaired) electrons. The number of hydrogen-bond donors (Lipinski definition) is 2. The predicted molar refractivity (Wildman–Crippen MR) is 58.4 cm³/mol. The molecule has 5 nitrogen and oxygen atoms in total. The highest BCUT2D eigenvalue weighted by atomic mass is 16.3. The minimum Gasteiger partial charge on any atom is -0.396 e. The van der Waals surface area contributed by atoms with Gasteiger partial charge in [-0.3, -0.25) is 0 Å². The first-order valence-electron chi connectivity index (χ1n) is 5.17. The van der Waals surface area contributed by atoms with Crippen LogP contribution >= 0.6 is 0 Å². The van der Waals surface area contributed by atoms with Crippen LogP contribution in [0.25, 0.3) is 0 Å². The lowest BCUT2D eigenvalue weighted by Gasteiger charge is -2.24. The van der Waals surface area contributed by atoms with Crippen molar-refractivity contribution in [2.24, 2.45) is 5.92 Å². The molecule has 15 heavy (non-hydrogen) atoms. The van der Waals surface area contributed by atoms with E-state index in [9.17, 15) is 5.11 Å². The van der Waals surface area contributed by atoms with E-state index in [1.54, 1.807) is 12.4 Å². The number of nitrogens with two attached hydrogens (primary N) is 1. The van der Waals surface area contributed by atoms with E-state index in [1.165, 1.54) is 0 Å². The number of nitrogen functional groups attached to an aromatic ring is 1. The van der Waals surface area contributed by atoms with Crippen molar-refractivity contribution in [1.29, 1.82) is 0 Å². The zero-order chi connectivity index (χ0) is 10.8. The summed E-state index contributed by atoms with van der Waals surface area (Å²) >= 11 is 0. The van der Waals surface area contributed by atoms with E-state index in [2.05, 4.69) is 16.9 Å². The van der Waals surface area contributed by atoms with Crippen LogP contribution in [-0.2, 0) is 0 Å². The van der Waals surface area contributed by atoms with Crippen LogP contribution in [0.15, 0.2) is 12.4 Å². The van der Waals surface area contributed by atoms with E-state index in [1.807, 2.05) is 4.90 Å².